The third-order valence-corrected chi connectivity index (χ3v) is 18.5. The van der Waals surface area contributed by atoms with E-state index in [4.69, 9.17) is 8.23 Å². The van der Waals surface area contributed by atoms with Gasteiger partial charge in [-0.3, -0.25) is 0 Å². The van der Waals surface area contributed by atoms with Crippen LogP contribution in [-0.2, 0) is 14.7 Å². The fraction of sp³-hybridized carbons (Fsp3) is 0.619. The molecule has 0 saturated carbocycles. The van der Waals surface area contributed by atoms with Crippen LogP contribution in [0.2, 0.25) is 36.3 Å². The lowest BCUT2D eigenvalue weighted by Gasteiger charge is -2.38. The summed E-state index contributed by atoms with van der Waals surface area (Å²) in [4.78, 5) is 0. The quantitative estimate of drug-likeness (QED) is 0.442. The molecule has 1 aliphatic rings. The van der Waals surface area contributed by atoms with Gasteiger partial charge in [-0.1, -0.05) is 65.8 Å². The molecule has 0 atom stereocenters. The van der Waals surface area contributed by atoms with Gasteiger partial charge in [-0.15, -0.1) is 0 Å². The molecule has 0 heterocycles. The molecule has 0 fully saturated rings. The molecule has 1 aromatic rings. The van der Waals surface area contributed by atoms with E-state index in [9.17, 15) is 0 Å². The maximum absolute atomic E-state index is 6.77. The molecule has 0 amide bonds. The number of hydrogen-bond acceptors (Lipinski definition) is 2. The summed E-state index contributed by atoms with van der Waals surface area (Å²) in [5.74, 6) is 0. The first-order chi connectivity index (χ1) is 13.1. The van der Waals surface area contributed by atoms with Crippen LogP contribution >= 0.6 is 0 Å². The summed E-state index contributed by atoms with van der Waals surface area (Å²) in [6, 6.07) is 11.9. The lowest BCUT2D eigenvalue weighted by molar-refractivity contribution is 0.579. The van der Waals surface area contributed by atoms with Crippen LogP contribution in [0.25, 0.3) is 6.08 Å². The second kappa shape index (κ2) is 10.5. The number of rotatable bonds is 12. The largest absolute Gasteiger partial charge is 0.452 e. The zero-order valence-electron chi connectivity index (χ0n) is 18.1. The standard InChI is InChI=1S/C21H36O2Si4/c1-7-24-22-26(9-3,10-4)20-16-18-14-13-15-19(18)17-21(20)27(11-5,12-6)23-25-8-2/h13-14,16-17H,7-12,15H2,1-6H3. The molecule has 1 aliphatic carbocycles. The fourth-order valence-electron chi connectivity index (χ4n) is 4.14. The SMILES string of the molecule is CC[Si]O[Si](CC)(CC)c1cc2c(cc1[Si](CC)(CC)O[Si]CC)CC=C2. The van der Waals surface area contributed by atoms with E-state index in [1.54, 1.807) is 10.4 Å². The van der Waals surface area contributed by atoms with Crippen LogP contribution in [0.15, 0.2) is 18.2 Å². The fourth-order valence-corrected chi connectivity index (χ4v) is 16.6. The van der Waals surface area contributed by atoms with E-state index in [0.717, 1.165) is 42.7 Å². The predicted octanol–water partition coefficient (Wildman–Crippen LogP) is 4.79. The first kappa shape index (κ1) is 23.0. The Labute approximate surface area is 174 Å². The topological polar surface area (TPSA) is 18.5 Å². The van der Waals surface area contributed by atoms with Crippen molar-refractivity contribution in [3.05, 3.63) is 29.3 Å². The van der Waals surface area contributed by atoms with Crippen LogP contribution in [0.1, 0.15) is 52.7 Å². The van der Waals surface area contributed by atoms with E-state index in [2.05, 4.69) is 65.8 Å². The van der Waals surface area contributed by atoms with Crippen LogP contribution < -0.4 is 10.4 Å². The second-order valence-electron chi connectivity index (χ2n) is 7.31. The van der Waals surface area contributed by atoms with Gasteiger partial charge in [0.2, 0.25) is 36.2 Å². The van der Waals surface area contributed by atoms with Crippen molar-refractivity contribution in [3.63, 3.8) is 0 Å². The summed E-state index contributed by atoms with van der Waals surface area (Å²) in [6.07, 6.45) is 5.69. The Morgan fingerprint density at radius 2 is 1.26 bits per heavy atom. The number of hydrogen-bond donors (Lipinski definition) is 0. The third-order valence-electron chi connectivity index (χ3n) is 6.00. The summed E-state index contributed by atoms with van der Waals surface area (Å²) in [5, 5.41) is 3.14. The third kappa shape index (κ3) is 4.67. The van der Waals surface area contributed by atoms with E-state index in [1.165, 1.54) is 11.1 Å². The van der Waals surface area contributed by atoms with E-state index >= 15 is 0 Å². The van der Waals surface area contributed by atoms with E-state index < -0.39 is 16.6 Å². The Morgan fingerprint density at radius 3 is 1.70 bits per heavy atom. The van der Waals surface area contributed by atoms with Gasteiger partial charge in [0.15, 0.2) is 0 Å². The smallest absolute Gasteiger partial charge is 0.214 e. The minimum Gasteiger partial charge on any atom is -0.452 e. The maximum Gasteiger partial charge on any atom is 0.214 e. The molecule has 2 rings (SSSR count). The summed E-state index contributed by atoms with van der Waals surface area (Å²) in [5.41, 5.74) is 2.91. The lowest BCUT2D eigenvalue weighted by atomic mass is 10.1. The Morgan fingerprint density at radius 1 is 0.778 bits per heavy atom. The van der Waals surface area contributed by atoms with Gasteiger partial charge in [-0.2, -0.15) is 0 Å². The Kier molecular flexibility index (Phi) is 8.96. The van der Waals surface area contributed by atoms with Crippen molar-refractivity contribution in [2.45, 2.75) is 84.2 Å². The second-order valence-corrected chi connectivity index (χ2v) is 18.8. The lowest BCUT2D eigenvalue weighted by Crippen LogP contribution is -2.65. The molecule has 0 bridgehead atoms. The number of fused-ring (bicyclic) bond motifs is 1. The summed E-state index contributed by atoms with van der Waals surface area (Å²) in [7, 11) is -2.70. The Hall–Kier alpha value is -0.252. The summed E-state index contributed by atoms with van der Waals surface area (Å²) in [6.45, 7) is 13.9. The molecular weight excluding hydrogens is 397 g/mol. The van der Waals surface area contributed by atoms with Crippen molar-refractivity contribution in [2.24, 2.45) is 0 Å². The number of allylic oxidation sites excluding steroid dienone is 1. The van der Waals surface area contributed by atoms with Crippen molar-refractivity contribution >= 4 is 52.6 Å². The van der Waals surface area contributed by atoms with Crippen LogP contribution in [0.3, 0.4) is 0 Å². The van der Waals surface area contributed by atoms with Crippen molar-refractivity contribution in [3.8, 4) is 0 Å². The minimum atomic E-state index is -1.97. The molecular formula is C21H36O2Si4. The normalized spacial score (nSPS) is 14.0. The predicted molar refractivity (Wildman–Crippen MR) is 127 cm³/mol. The van der Waals surface area contributed by atoms with Crippen molar-refractivity contribution in [1.82, 2.24) is 0 Å². The van der Waals surface area contributed by atoms with Gasteiger partial charge in [-0.05, 0) is 64.2 Å². The van der Waals surface area contributed by atoms with Gasteiger partial charge in [0.25, 0.3) is 0 Å². The molecule has 0 aromatic heterocycles. The first-order valence-electron chi connectivity index (χ1n) is 10.7. The molecule has 0 aliphatic heterocycles. The molecule has 4 radical (unpaired) electrons. The zero-order chi connectivity index (χ0) is 19.9. The monoisotopic (exact) mass is 432 g/mol. The number of benzene rings is 1. The van der Waals surface area contributed by atoms with Gasteiger partial charge in [-0.25, -0.2) is 0 Å². The maximum atomic E-state index is 6.77. The van der Waals surface area contributed by atoms with Crippen LogP contribution in [-0.4, -0.2) is 36.2 Å². The highest BCUT2D eigenvalue weighted by atomic mass is 28.4. The summed E-state index contributed by atoms with van der Waals surface area (Å²) < 4.78 is 13.5. The van der Waals surface area contributed by atoms with Gasteiger partial charge in [0, 0.05) is 0 Å². The molecule has 2 nitrogen and oxygen atoms in total. The highest BCUT2D eigenvalue weighted by Crippen LogP contribution is 2.26. The van der Waals surface area contributed by atoms with Crippen molar-refractivity contribution in [1.29, 1.82) is 0 Å². The molecule has 1 aromatic carbocycles. The average Bonchev–Trinajstić information content (AvgIpc) is 3.18. The molecule has 0 saturated heterocycles. The van der Waals surface area contributed by atoms with Gasteiger partial charge in [0.1, 0.15) is 0 Å². The molecule has 27 heavy (non-hydrogen) atoms. The highest BCUT2D eigenvalue weighted by molar-refractivity contribution is 6.98. The molecule has 0 N–H and O–H groups in total. The highest BCUT2D eigenvalue weighted by Gasteiger charge is 2.43. The molecule has 148 valence electrons. The van der Waals surface area contributed by atoms with Crippen molar-refractivity contribution in [2.75, 3.05) is 0 Å². The molecule has 6 heteroatoms. The van der Waals surface area contributed by atoms with Gasteiger partial charge < -0.3 is 8.23 Å². The Balaban J connectivity index is 2.69. The van der Waals surface area contributed by atoms with Gasteiger partial charge in [0.05, 0.1) is 0 Å². The molecule has 0 unspecified atom stereocenters. The average molecular weight is 433 g/mol. The van der Waals surface area contributed by atoms with Crippen LogP contribution in [0, 0.1) is 0 Å². The first-order valence-corrected chi connectivity index (χ1v) is 17.6. The Bertz CT molecular complexity index is 637. The van der Waals surface area contributed by atoms with E-state index in [1.807, 2.05) is 0 Å². The zero-order valence-corrected chi connectivity index (χ0v) is 22.1. The van der Waals surface area contributed by atoms with Gasteiger partial charge >= 0.3 is 0 Å². The van der Waals surface area contributed by atoms with E-state index in [-0.39, 0.29) is 0 Å². The summed E-state index contributed by atoms with van der Waals surface area (Å²) >= 11 is 0. The van der Waals surface area contributed by atoms with Crippen LogP contribution in [0.4, 0.5) is 0 Å². The van der Waals surface area contributed by atoms with Crippen molar-refractivity contribution < 1.29 is 8.23 Å². The van der Waals surface area contributed by atoms with E-state index in [0.29, 0.717) is 19.5 Å². The van der Waals surface area contributed by atoms with Crippen LogP contribution in [0.5, 0.6) is 0 Å². The molecule has 0 spiro atoms. The minimum absolute atomic E-state index is 0.618.